The molecule has 1 saturated heterocycles. The molecule has 0 bridgehead atoms. The van der Waals surface area contributed by atoms with Crippen LogP contribution < -0.4 is 5.32 Å². The Hall–Kier alpha value is -1.31. The lowest BCUT2D eigenvalue weighted by Gasteiger charge is -2.36. The van der Waals surface area contributed by atoms with E-state index in [0.717, 1.165) is 45.2 Å². The molecular weight excluding hydrogens is 427 g/mol. The Kier molecular flexibility index (Phi) is 9.24. The first kappa shape index (κ1) is 21.7. The van der Waals surface area contributed by atoms with Gasteiger partial charge in [0.15, 0.2) is 5.96 Å². The van der Waals surface area contributed by atoms with Crippen LogP contribution in [0.3, 0.4) is 0 Å². The van der Waals surface area contributed by atoms with Crippen LogP contribution in [-0.2, 0) is 4.79 Å². The molecule has 6 heteroatoms. The highest BCUT2D eigenvalue weighted by atomic mass is 127. The molecule has 140 valence electrons. The summed E-state index contributed by atoms with van der Waals surface area (Å²) in [4.78, 5) is 20.4. The Labute approximate surface area is 168 Å². The van der Waals surface area contributed by atoms with Crippen LogP contribution in [0.25, 0.3) is 0 Å². The molecule has 1 amide bonds. The maximum atomic E-state index is 11.5. The van der Waals surface area contributed by atoms with Crippen molar-refractivity contribution in [2.75, 3.05) is 39.3 Å². The summed E-state index contributed by atoms with van der Waals surface area (Å²) in [5.41, 5.74) is 2.60. The van der Waals surface area contributed by atoms with Gasteiger partial charge in [0.1, 0.15) is 0 Å². The second-order valence-electron chi connectivity index (χ2n) is 6.50. The smallest absolute Gasteiger partial charge is 0.219 e. The molecule has 1 fully saturated rings. The van der Waals surface area contributed by atoms with Crippen molar-refractivity contribution in [3.8, 4) is 0 Å². The van der Waals surface area contributed by atoms with Gasteiger partial charge in [-0.1, -0.05) is 36.8 Å². The average molecular weight is 458 g/mol. The molecule has 1 aromatic rings. The van der Waals surface area contributed by atoms with E-state index in [-0.39, 0.29) is 29.9 Å². The lowest BCUT2D eigenvalue weighted by atomic mass is 10.0. The Morgan fingerprint density at radius 1 is 1.16 bits per heavy atom. The summed E-state index contributed by atoms with van der Waals surface area (Å²) in [5.74, 6) is 1.50. The SMILES string of the molecule is CCNC(=NCC(C)c1ccc(C)cc1)N1CCN(C(C)=O)CC1.I. The predicted octanol–water partition coefficient (Wildman–Crippen LogP) is 2.85. The standard InChI is InChI=1S/C19H30N4O.HI/c1-5-20-19(23-12-10-22(11-13-23)17(4)24)21-14-16(3)18-8-6-15(2)7-9-18;/h6-9,16H,5,10-14H2,1-4H3,(H,20,21);1H. The summed E-state index contributed by atoms with van der Waals surface area (Å²) in [5, 5.41) is 3.38. The van der Waals surface area contributed by atoms with Crippen LogP contribution >= 0.6 is 24.0 Å². The zero-order chi connectivity index (χ0) is 17.5. The molecule has 0 aromatic heterocycles. The van der Waals surface area contributed by atoms with Crippen LogP contribution in [0.5, 0.6) is 0 Å². The first-order valence-electron chi connectivity index (χ1n) is 8.86. The van der Waals surface area contributed by atoms with Crippen molar-refractivity contribution in [1.29, 1.82) is 0 Å². The van der Waals surface area contributed by atoms with Crippen LogP contribution in [0.2, 0.25) is 0 Å². The summed E-state index contributed by atoms with van der Waals surface area (Å²) < 4.78 is 0. The van der Waals surface area contributed by atoms with Gasteiger partial charge >= 0.3 is 0 Å². The number of amides is 1. The minimum atomic E-state index is 0. The quantitative estimate of drug-likeness (QED) is 0.429. The topological polar surface area (TPSA) is 47.9 Å². The van der Waals surface area contributed by atoms with Gasteiger partial charge in [-0.2, -0.15) is 0 Å². The second kappa shape index (κ2) is 10.6. The lowest BCUT2D eigenvalue weighted by molar-refractivity contribution is -0.130. The van der Waals surface area contributed by atoms with E-state index in [2.05, 4.69) is 55.3 Å². The van der Waals surface area contributed by atoms with Gasteiger partial charge in [-0.15, -0.1) is 24.0 Å². The summed E-state index contributed by atoms with van der Waals surface area (Å²) in [6, 6.07) is 8.69. The molecule has 0 saturated carbocycles. The number of benzene rings is 1. The summed E-state index contributed by atoms with van der Waals surface area (Å²) >= 11 is 0. The molecule has 1 aromatic carbocycles. The van der Waals surface area contributed by atoms with Gasteiger partial charge in [-0.3, -0.25) is 9.79 Å². The Morgan fingerprint density at radius 2 is 1.72 bits per heavy atom. The van der Waals surface area contributed by atoms with Gasteiger partial charge in [0.25, 0.3) is 0 Å². The number of aryl methyl sites for hydroxylation is 1. The van der Waals surface area contributed by atoms with Crippen LogP contribution in [0.1, 0.15) is 37.8 Å². The van der Waals surface area contributed by atoms with Crippen LogP contribution in [0, 0.1) is 6.92 Å². The van der Waals surface area contributed by atoms with E-state index in [1.807, 2.05) is 4.90 Å². The Morgan fingerprint density at radius 3 is 2.24 bits per heavy atom. The van der Waals surface area contributed by atoms with Crippen molar-refractivity contribution in [3.63, 3.8) is 0 Å². The molecule has 1 aliphatic rings. The second-order valence-corrected chi connectivity index (χ2v) is 6.50. The number of nitrogens with zero attached hydrogens (tertiary/aromatic N) is 3. The molecule has 25 heavy (non-hydrogen) atoms. The van der Waals surface area contributed by atoms with Gasteiger partial charge in [-0.25, -0.2) is 0 Å². The zero-order valence-corrected chi connectivity index (χ0v) is 18.1. The van der Waals surface area contributed by atoms with E-state index in [1.165, 1.54) is 11.1 Å². The van der Waals surface area contributed by atoms with Crippen molar-refractivity contribution in [1.82, 2.24) is 15.1 Å². The van der Waals surface area contributed by atoms with E-state index in [9.17, 15) is 4.79 Å². The van der Waals surface area contributed by atoms with E-state index in [4.69, 9.17) is 4.99 Å². The van der Waals surface area contributed by atoms with E-state index in [0.29, 0.717) is 5.92 Å². The lowest BCUT2D eigenvalue weighted by Crippen LogP contribution is -2.53. The van der Waals surface area contributed by atoms with Gasteiger partial charge in [0.05, 0.1) is 0 Å². The minimum Gasteiger partial charge on any atom is -0.357 e. The molecule has 0 aliphatic carbocycles. The summed E-state index contributed by atoms with van der Waals surface area (Å²) in [6.45, 7) is 12.9. The van der Waals surface area contributed by atoms with E-state index >= 15 is 0 Å². The van der Waals surface area contributed by atoms with Crippen molar-refractivity contribution in [2.24, 2.45) is 4.99 Å². The largest absolute Gasteiger partial charge is 0.357 e. The fraction of sp³-hybridized carbons (Fsp3) is 0.579. The number of piperazine rings is 1. The number of hydrogen-bond donors (Lipinski definition) is 1. The Bertz CT molecular complexity index is 565. The summed E-state index contributed by atoms with van der Waals surface area (Å²) in [6.07, 6.45) is 0. The number of hydrogen-bond acceptors (Lipinski definition) is 2. The normalized spacial score (nSPS) is 16.2. The van der Waals surface area contributed by atoms with Crippen molar-refractivity contribution >= 4 is 35.8 Å². The monoisotopic (exact) mass is 458 g/mol. The number of nitrogens with one attached hydrogen (secondary N) is 1. The van der Waals surface area contributed by atoms with Gasteiger partial charge in [-0.05, 0) is 19.4 Å². The molecule has 0 spiro atoms. The van der Waals surface area contributed by atoms with Crippen molar-refractivity contribution < 1.29 is 4.79 Å². The highest BCUT2D eigenvalue weighted by Crippen LogP contribution is 2.16. The number of rotatable bonds is 4. The summed E-state index contributed by atoms with van der Waals surface area (Å²) in [7, 11) is 0. The number of halogens is 1. The molecule has 2 rings (SSSR count). The maximum Gasteiger partial charge on any atom is 0.219 e. The third-order valence-corrected chi connectivity index (χ3v) is 4.52. The third-order valence-electron chi connectivity index (χ3n) is 4.52. The average Bonchev–Trinajstić information content (AvgIpc) is 2.59. The number of aliphatic imine (C=N–C) groups is 1. The third kappa shape index (κ3) is 6.49. The molecule has 1 heterocycles. The highest BCUT2D eigenvalue weighted by Gasteiger charge is 2.21. The number of carbonyl (C=O) groups excluding carboxylic acids is 1. The van der Waals surface area contributed by atoms with Gasteiger partial charge in [0, 0.05) is 52.1 Å². The zero-order valence-electron chi connectivity index (χ0n) is 15.8. The minimum absolute atomic E-state index is 0. The Balaban J connectivity index is 0.00000312. The number of carbonyl (C=O) groups is 1. The molecule has 1 N–H and O–H groups in total. The highest BCUT2D eigenvalue weighted by molar-refractivity contribution is 14.0. The van der Waals surface area contributed by atoms with Gasteiger partial charge in [0.2, 0.25) is 5.91 Å². The number of guanidine groups is 1. The first-order valence-corrected chi connectivity index (χ1v) is 8.86. The fourth-order valence-corrected chi connectivity index (χ4v) is 2.88. The first-order chi connectivity index (χ1) is 11.5. The van der Waals surface area contributed by atoms with E-state index in [1.54, 1.807) is 6.92 Å². The van der Waals surface area contributed by atoms with E-state index < -0.39 is 0 Å². The van der Waals surface area contributed by atoms with Crippen LogP contribution in [-0.4, -0.2) is 60.9 Å². The molecule has 5 nitrogen and oxygen atoms in total. The molecule has 1 aliphatic heterocycles. The van der Waals surface area contributed by atoms with Crippen molar-refractivity contribution in [2.45, 2.75) is 33.6 Å². The molecule has 1 atom stereocenters. The predicted molar refractivity (Wildman–Crippen MR) is 115 cm³/mol. The van der Waals surface area contributed by atoms with Crippen LogP contribution in [0.15, 0.2) is 29.3 Å². The van der Waals surface area contributed by atoms with Gasteiger partial charge < -0.3 is 15.1 Å². The van der Waals surface area contributed by atoms with Crippen molar-refractivity contribution in [3.05, 3.63) is 35.4 Å². The maximum absolute atomic E-state index is 11.5. The van der Waals surface area contributed by atoms with Crippen LogP contribution in [0.4, 0.5) is 0 Å². The molecular formula is C19H31IN4O. The molecule has 0 radical (unpaired) electrons. The molecule has 1 unspecified atom stereocenters. The fourth-order valence-electron chi connectivity index (χ4n) is 2.88.